The van der Waals surface area contributed by atoms with Crippen molar-refractivity contribution in [1.29, 1.82) is 0 Å². The van der Waals surface area contributed by atoms with Crippen LogP contribution in [0.1, 0.15) is 155 Å². The van der Waals surface area contributed by atoms with Crippen LogP contribution in [-0.2, 0) is 22.5 Å². The second kappa shape index (κ2) is 20.9. The number of rotatable bonds is 14. The number of ether oxygens (including phenoxy) is 4. The van der Waals surface area contributed by atoms with E-state index in [0.29, 0.717) is 55.3 Å². The van der Waals surface area contributed by atoms with Crippen LogP contribution in [0.15, 0.2) is 36.7 Å². The number of fused-ring (bicyclic) bond motifs is 6. The topological polar surface area (TPSA) is 186 Å². The normalized spacial score (nSPS) is 32.3. The summed E-state index contributed by atoms with van der Waals surface area (Å²) in [6, 6.07) is 8.68. The number of methoxy groups -OCH3 is 1. The van der Waals surface area contributed by atoms with E-state index in [9.17, 15) is 30.6 Å². The third-order valence-corrected chi connectivity index (χ3v) is 15.9. The van der Waals surface area contributed by atoms with Crippen molar-refractivity contribution in [3.63, 3.8) is 0 Å². The van der Waals surface area contributed by atoms with E-state index in [1.165, 1.54) is 18.2 Å². The van der Waals surface area contributed by atoms with Gasteiger partial charge in [-0.05, 0) is 174 Å². The summed E-state index contributed by atoms with van der Waals surface area (Å²) in [6.07, 6.45) is 14.4. The van der Waals surface area contributed by atoms with Crippen LogP contribution < -0.4 is 14.8 Å². The van der Waals surface area contributed by atoms with E-state index >= 15 is 0 Å². The van der Waals surface area contributed by atoms with Crippen molar-refractivity contribution < 1.29 is 49.6 Å². The highest BCUT2D eigenvalue weighted by Crippen LogP contribution is 2.54. The van der Waals surface area contributed by atoms with Crippen molar-refractivity contribution in [3.05, 3.63) is 70.0 Å². The van der Waals surface area contributed by atoms with Gasteiger partial charge in [0.15, 0.2) is 11.5 Å². The molecule has 0 spiro atoms. The lowest BCUT2D eigenvalue weighted by Crippen LogP contribution is -2.44. The molecule has 4 fully saturated rings. The summed E-state index contributed by atoms with van der Waals surface area (Å²) < 4.78 is 25.0. The molecule has 12 nitrogen and oxygen atoms in total. The van der Waals surface area contributed by atoms with Gasteiger partial charge < -0.3 is 59.9 Å². The third kappa shape index (κ3) is 10.4. The van der Waals surface area contributed by atoms with E-state index in [0.717, 1.165) is 108 Å². The monoisotopic (exact) mass is 875 g/mol. The van der Waals surface area contributed by atoms with Gasteiger partial charge in [0.1, 0.15) is 5.75 Å². The molecule has 8 N–H and O–H groups in total. The fourth-order valence-electron chi connectivity index (χ4n) is 12.5. The van der Waals surface area contributed by atoms with Gasteiger partial charge in [-0.3, -0.25) is 0 Å². The second-order valence-electron chi connectivity index (χ2n) is 19.7. The van der Waals surface area contributed by atoms with Crippen LogP contribution in [0.3, 0.4) is 0 Å². The van der Waals surface area contributed by atoms with Gasteiger partial charge in [-0.2, -0.15) is 0 Å². The maximum Gasteiger partial charge on any atom is 0.201 e. The molecule has 1 saturated heterocycles. The number of aliphatic hydroxyl groups is 4. The lowest BCUT2D eigenvalue weighted by atomic mass is 9.66. The smallest absolute Gasteiger partial charge is 0.201 e. The Morgan fingerprint density at radius 2 is 1.75 bits per heavy atom. The molecule has 2 aliphatic heterocycles. The predicted octanol–water partition coefficient (Wildman–Crippen LogP) is 7.65. The van der Waals surface area contributed by atoms with E-state index in [-0.39, 0.29) is 47.5 Å². The highest BCUT2D eigenvalue weighted by atomic mass is 16.5. The molecule has 3 aliphatic carbocycles. The molecule has 3 saturated carbocycles. The molecule has 12 heteroatoms. The molecule has 0 amide bonds. The lowest BCUT2D eigenvalue weighted by Gasteiger charge is -2.46. The molecule has 3 aromatic rings. The third-order valence-electron chi connectivity index (χ3n) is 15.9. The Hall–Kier alpha value is -3.36. The summed E-state index contributed by atoms with van der Waals surface area (Å²) in [7, 11) is 1.45. The number of benzene rings is 2. The SMILES string of the molecule is CCOCCCNCC[C@H]1CC[C@@H]2[C@@H](O)CC[C@]3(O)CC[C@H](CCOc4ccc([C@@H]5CC[C@@H]6[C@H](C5)O[C@H](c5c(CO)c(O)c(O)c(OC)c5Cc5cc[nH]c5)C[C@@H]6O)cc4[C@@H]2C1)C3. The van der Waals surface area contributed by atoms with Crippen LogP contribution in [0, 0.1) is 23.7 Å². The first-order chi connectivity index (χ1) is 30.6. The number of aliphatic hydroxyl groups excluding tert-OH is 3. The molecule has 2 aromatic carbocycles. The zero-order valence-electron chi connectivity index (χ0n) is 37.6. The van der Waals surface area contributed by atoms with E-state index in [1.807, 2.05) is 25.4 Å². The van der Waals surface area contributed by atoms with Crippen LogP contribution in [0.5, 0.6) is 23.0 Å². The molecule has 11 atom stereocenters. The highest BCUT2D eigenvalue weighted by molar-refractivity contribution is 5.64. The quantitative estimate of drug-likeness (QED) is 0.0588. The molecule has 0 unspecified atom stereocenters. The highest BCUT2D eigenvalue weighted by Gasteiger charge is 2.45. The van der Waals surface area contributed by atoms with Crippen LogP contribution in [0.25, 0.3) is 0 Å². The minimum Gasteiger partial charge on any atom is -0.504 e. The maximum absolute atomic E-state index is 12.0. The Morgan fingerprint density at radius 3 is 2.54 bits per heavy atom. The largest absolute Gasteiger partial charge is 0.504 e. The Morgan fingerprint density at radius 1 is 0.905 bits per heavy atom. The van der Waals surface area contributed by atoms with Crippen LogP contribution in [0.4, 0.5) is 0 Å². The first-order valence-corrected chi connectivity index (χ1v) is 24.2. The fourth-order valence-corrected chi connectivity index (χ4v) is 12.5. The van der Waals surface area contributed by atoms with Crippen molar-refractivity contribution in [1.82, 2.24) is 10.3 Å². The van der Waals surface area contributed by atoms with Crippen molar-refractivity contribution in [3.8, 4) is 23.0 Å². The van der Waals surface area contributed by atoms with Gasteiger partial charge >= 0.3 is 0 Å². The number of hydrogen-bond donors (Lipinski definition) is 8. The fraction of sp³-hybridized carbons (Fsp3) is 0.686. The number of phenols is 2. The minimum absolute atomic E-state index is 0.0628. The molecular formula is C51H74N2O10. The van der Waals surface area contributed by atoms with Crippen molar-refractivity contribution in [2.24, 2.45) is 23.7 Å². The van der Waals surface area contributed by atoms with Gasteiger partial charge in [0.05, 0.1) is 50.3 Å². The standard InChI is InChI=1S/C51H74N2O10/c1-3-61-21-4-18-52-19-13-31-5-8-36-38(23-31)39-25-34(7-10-44(39)62-22-15-32-11-16-51(59,28-32)17-12-42(36)55)35-6-9-37-43(56)27-46(63-45(37)26-35)47-40(24-33-14-20-53-29-33)50(60-2)49(58)48(57)41(47)30-54/h7,10,14,20,25,29,31-32,35-38,42-43,45-46,52-59H,3-6,8-9,11-13,15-19,21-24,26-28,30H2,1-2H3/t31-,32-,35-,36+,37+,38-,42+,43+,45+,46+,51-/m1/s1. The Labute approximate surface area is 373 Å². The molecular weight excluding hydrogens is 801 g/mol. The number of phenolic OH excluding ortho intramolecular Hbond substituents is 1. The second-order valence-corrected chi connectivity index (χ2v) is 19.7. The summed E-state index contributed by atoms with van der Waals surface area (Å²) in [5, 5.41) is 71.8. The summed E-state index contributed by atoms with van der Waals surface area (Å²) in [4.78, 5) is 3.08. The zero-order valence-corrected chi connectivity index (χ0v) is 37.6. The first-order valence-electron chi connectivity index (χ1n) is 24.2. The average Bonchev–Trinajstić information content (AvgIpc) is 3.95. The van der Waals surface area contributed by atoms with Crippen molar-refractivity contribution >= 4 is 0 Å². The molecule has 0 radical (unpaired) electrons. The molecule has 5 aliphatic rings. The first kappa shape index (κ1) is 46.2. The number of hydrogen-bond acceptors (Lipinski definition) is 11. The Balaban J connectivity index is 1.07. The van der Waals surface area contributed by atoms with Gasteiger partial charge in [0, 0.05) is 55.5 Å². The van der Waals surface area contributed by atoms with Crippen LogP contribution in [0.2, 0.25) is 0 Å². The summed E-state index contributed by atoms with van der Waals surface area (Å²) in [6.45, 7) is 5.52. The Kier molecular flexibility index (Phi) is 15.3. The molecule has 348 valence electrons. The van der Waals surface area contributed by atoms with Gasteiger partial charge in [0.2, 0.25) is 5.75 Å². The van der Waals surface area contributed by atoms with E-state index in [1.54, 1.807) is 0 Å². The van der Waals surface area contributed by atoms with Gasteiger partial charge in [-0.1, -0.05) is 12.1 Å². The molecule has 3 heterocycles. The molecule has 63 heavy (non-hydrogen) atoms. The average molecular weight is 875 g/mol. The number of nitrogens with one attached hydrogen (secondary N) is 2. The number of H-pyrrole nitrogens is 1. The molecule has 8 rings (SSSR count). The van der Waals surface area contributed by atoms with Crippen molar-refractivity contribution in [2.45, 2.75) is 158 Å². The van der Waals surface area contributed by atoms with E-state index in [2.05, 4.69) is 28.5 Å². The lowest BCUT2D eigenvalue weighted by molar-refractivity contribution is -0.154. The van der Waals surface area contributed by atoms with E-state index in [4.69, 9.17) is 18.9 Å². The number of aromatic amines is 1. The molecule has 2 bridgehead atoms. The number of aromatic hydroxyl groups is 2. The van der Waals surface area contributed by atoms with Gasteiger partial charge in [-0.25, -0.2) is 0 Å². The number of aromatic nitrogens is 1. The summed E-state index contributed by atoms with van der Waals surface area (Å²) in [5.41, 5.74) is 3.97. The predicted molar refractivity (Wildman–Crippen MR) is 240 cm³/mol. The summed E-state index contributed by atoms with van der Waals surface area (Å²) >= 11 is 0. The maximum atomic E-state index is 12.0. The minimum atomic E-state index is -0.703. The van der Waals surface area contributed by atoms with Gasteiger partial charge in [0.25, 0.3) is 0 Å². The van der Waals surface area contributed by atoms with Crippen LogP contribution >= 0.6 is 0 Å². The van der Waals surface area contributed by atoms with Crippen molar-refractivity contribution in [2.75, 3.05) is 40.0 Å². The van der Waals surface area contributed by atoms with Gasteiger partial charge in [-0.15, -0.1) is 0 Å². The Bertz CT molecular complexity index is 1940. The zero-order chi connectivity index (χ0) is 44.1. The summed E-state index contributed by atoms with van der Waals surface area (Å²) in [5.74, 6) is 1.37. The van der Waals surface area contributed by atoms with E-state index < -0.39 is 42.0 Å². The van der Waals surface area contributed by atoms with Crippen LogP contribution in [-0.4, -0.2) is 99.6 Å². The molecule has 1 aromatic heterocycles.